The van der Waals surface area contributed by atoms with Crippen LogP contribution in [-0.4, -0.2) is 26.0 Å². The molecule has 1 saturated heterocycles. The molecule has 114 valence electrons. The standard InChI is InChI=1S/C14H30N2O2S/c1-2-3-4-5-6-7-8-14(16-15)11-13-9-10-19(17,18)12-13/h13-14,16H,2-12,15H2,1H3. The number of unbranched alkanes of at least 4 members (excludes halogenated alkanes) is 5. The van der Waals surface area contributed by atoms with E-state index in [2.05, 4.69) is 12.3 Å². The lowest BCUT2D eigenvalue weighted by molar-refractivity contribution is 0.379. The van der Waals surface area contributed by atoms with Crippen LogP contribution in [0.2, 0.25) is 0 Å². The molecule has 0 aromatic rings. The minimum atomic E-state index is -2.75. The number of nitrogens with one attached hydrogen (secondary N) is 1. The third-order valence-corrected chi connectivity index (χ3v) is 5.92. The summed E-state index contributed by atoms with van der Waals surface area (Å²) in [5, 5.41) is 0. The molecule has 3 N–H and O–H groups in total. The highest BCUT2D eigenvalue weighted by atomic mass is 32.2. The zero-order valence-corrected chi connectivity index (χ0v) is 13.1. The van der Waals surface area contributed by atoms with Crippen LogP contribution in [0.15, 0.2) is 0 Å². The predicted octanol–water partition coefficient (Wildman–Crippen LogP) is 2.39. The van der Waals surface area contributed by atoms with Gasteiger partial charge >= 0.3 is 0 Å². The van der Waals surface area contributed by atoms with Crippen molar-refractivity contribution in [3.05, 3.63) is 0 Å². The summed E-state index contributed by atoms with van der Waals surface area (Å²) < 4.78 is 22.8. The molecule has 1 rings (SSSR count). The lowest BCUT2D eigenvalue weighted by Crippen LogP contribution is -2.36. The highest BCUT2D eigenvalue weighted by molar-refractivity contribution is 7.91. The normalized spacial score (nSPS) is 23.6. The van der Waals surface area contributed by atoms with Crippen molar-refractivity contribution >= 4 is 9.84 Å². The van der Waals surface area contributed by atoms with Crippen molar-refractivity contribution < 1.29 is 8.42 Å². The predicted molar refractivity (Wildman–Crippen MR) is 80.5 cm³/mol. The maximum absolute atomic E-state index is 11.4. The van der Waals surface area contributed by atoms with Crippen LogP contribution in [0.3, 0.4) is 0 Å². The molecular weight excluding hydrogens is 260 g/mol. The van der Waals surface area contributed by atoms with Gasteiger partial charge in [0, 0.05) is 6.04 Å². The number of hydrogen-bond acceptors (Lipinski definition) is 4. The van der Waals surface area contributed by atoms with E-state index in [1.54, 1.807) is 0 Å². The quantitative estimate of drug-likeness (QED) is 0.368. The Labute approximate surface area is 118 Å². The van der Waals surface area contributed by atoms with Crippen molar-refractivity contribution in [3.8, 4) is 0 Å². The first-order valence-electron chi connectivity index (χ1n) is 7.74. The van der Waals surface area contributed by atoms with Crippen LogP contribution in [0.5, 0.6) is 0 Å². The fourth-order valence-corrected chi connectivity index (χ4v) is 4.78. The van der Waals surface area contributed by atoms with E-state index < -0.39 is 9.84 Å². The number of sulfone groups is 1. The van der Waals surface area contributed by atoms with E-state index in [0.29, 0.717) is 17.4 Å². The first kappa shape index (κ1) is 16.9. The van der Waals surface area contributed by atoms with E-state index in [1.165, 1.54) is 38.5 Å². The van der Waals surface area contributed by atoms with Gasteiger partial charge in [-0.15, -0.1) is 0 Å². The molecule has 19 heavy (non-hydrogen) atoms. The monoisotopic (exact) mass is 290 g/mol. The van der Waals surface area contributed by atoms with Crippen LogP contribution in [-0.2, 0) is 9.84 Å². The van der Waals surface area contributed by atoms with Gasteiger partial charge in [0.2, 0.25) is 0 Å². The Balaban J connectivity index is 2.12. The van der Waals surface area contributed by atoms with E-state index in [-0.39, 0.29) is 6.04 Å². The van der Waals surface area contributed by atoms with E-state index in [4.69, 9.17) is 5.84 Å². The number of hydrogen-bond donors (Lipinski definition) is 2. The number of nitrogens with two attached hydrogens (primary N) is 1. The van der Waals surface area contributed by atoms with Gasteiger partial charge in [-0.05, 0) is 25.2 Å². The molecule has 1 aliphatic rings. The molecule has 0 amide bonds. The fourth-order valence-electron chi connectivity index (χ4n) is 2.90. The Bertz CT molecular complexity index is 330. The maximum Gasteiger partial charge on any atom is 0.150 e. The SMILES string of the molecule is CCCCCCCCC(CC1CCS(=O)(=O)C1)NN. The molecule has 1 fully saturated rings. The minimum absolute atomic E-state index is 0.282. The third-order valence-electron chi connectivity index (χ3n) is 4.09. The third kappa shape index (κ3) is 7.28. The Hall–Kier alpha value is -0.130. The molecule has 0 bridgehead atoms. The largest absolute Gasteiger partial charge is 0.271 e. The van der Waals surface area contributed by atoms with Crippen molar-refractivity contribution in [1.29, 1.82) is 0 Å². The van der Waals surface area contributed by atoms with Gasteiger partial charge in [0.25, 0.3) is 0 Å². The van der Waals surface area contributed by atoms with Gasteiger partial charge in [-0.3, -0.25) is 11.3 Å². The topological polar surface area (TPSA) is 72.2 Å². The van der Waals surface area contributed by atoms with E-state index in [1.807, 2.05) is 0 Å². The summed E-state index contributed by atoms with van der Waals surface area (Å²) in [6.45, 7) is 2.23. The number of hydrazine groups is 1. The molecule has 0 radical (unpaired) electrons. The smallest absolute Gasteiger partial charge is 0.150 e. The average molecular weight is 290 g/mol. The Morgan fingerprint density at radius 3 is 2.47 bits per heavy atom. The van der Waals surface area contributed by atoms with E-state index in [0.717, 1.165) is 19.3 Å². The summed E-state index contributed by atoms with van der Waals surface area (Å²) >= 11 is 0. The molecule has 2 unspecified atom stereocenters. The first-order chi connectivity index (χ1) is 9.07. The highest BCUT2D eigenvalue weighted by Gasteiger charge is 2.29. The molecule has 1 heterocycles. The summed E-state index contributed by atoms with van der Waals surface area (Å²) in [7, 11) is -2.75. The fraction of sp³-hybridized carbons (Fsp3) is 1.00. The average Bonchev–Trinajstić information content (AvgIpc) is 2.71. The molecular formula is C14H30N2O2S. The van der Waals surface area contributed by atoms with Crippen molar-refractivity contribution in [1.82, 2.24) is 5.43 Å². The molecule has 0 aromatic carbocycles. The first-order valence-corrected chi connectivity index (χ1v) is 9.56. The van der Waals surface area contributed by atoms with Crippen molar-refractivity contribution in [2.24, 2.45) is 11.8 Å². The van der Waals surface area contributed by atoms with Gasteiger partial charge in [0.05, 0.1) is 11.5 Å². The molecule has 4 nitrogen and oxygen atoms in total. The second-order valence-electron chi connectivity index (χ2n) is 5.92. The maximum atomic E-state index is 11.4. The molecule has 0 saturated carbocycles. The summed E-state index contributed by atoms with van der Waals surface area (Å²) in [5.74, 6) is 6.62. The van der Waals surface area contributed by atoms with E-state index >= 15 is 0 Å². The lowest BCUT2D eigenvalue weighted by Gasteiger charge is -2.19. The summed E-state index contributed by atoms with van der Waals surface area (Å²) in [6, 6.07) is 0.282. The molecule has 1 aliphatic heterocycles. The second-order valence-corrected chi connectivity index (χ2v) is 8.15. The zero-order valence-electron chi connectivity index (χ0n) is 12.2. The molecule has 0 spiro atoms. The summed E-state index contributed by atoms with van der Waals surface area (Å²) in [5.41, 5.74) is 2.86. The molecule has 0 aliphatic carbocycles. The van der Waals surface area contributed by atoms with Crippen LogP contribution >= 0.6 is 0 Å². The van der Waals surface area contributed by atoms with Crippen LogP contribution in [0, 0.1) is 5.92 Å². The number of rotatable bonds is 10. The summed E-state index contributed by atoms with van der Waals surface area (Å²) in [4.78, 5) is 0. The molecule has 2 atom stereocenters. The van der Waals surface area contributed by atoms with Gasteiger partial charge in [-0.2, -0.15) is 0 Å². The van der Waals surface area contributed by atoms with Crippen LogP contribution in [0.25, 0.3) is 0 Å². The van der Waals surface area contributed by atoms with Crippen LogP contribution in [0.4, 0.5) is 0 Å². The van der Waals surface area contributed by atoms with Crippen molar-refractivity contribution in [2.45, 2.75) is 70.8 Å². The Morgan fingerprint density at radius 2 is 1.89 bits per heavy atom. The van der Waals surface area contributed by atoms with Gasteiger partial charge in [-0.1, -0.05) is 45.4 Å². The second kappa shape index (κ2) is 8.93. The van der Waals surface area contributed by atoms with Gasteiger partial charge in [0.1, 0.15) is 0 Å². The van der Waals surface area contributed by atoms with Crippen LogP contribution in [0.1, 0.15) is 64.7 Å². The van der Waals surface area contributed by atoms with Crippen molar-refractivity contribution in [3.63, 3.8) is 0 Å². The highest BCUT2D eigenvalue weighted by Crippen LogP contribution is 2.24. The van der Waals surface area contributed by atoms with Gasteiger partial charge in [0.15, 0.2) is 9.84 Å². The minimum Gasteiger partial charge on any atom is -0.271 e. The Morgan fingerprint density at radius 1 is 1.21 bits per heavy atom. The molecule has 5 heteroatoms. The molecule has 0 aromatic heterocycles. The van der Waals surface area contributed by atoms with E-state index in [9.17, 15) is 8.42 Å². The summed E-state index contributed by atoms with van der Waals surface area (Å²) in [6.07, 6.45) is 10.5. The Kier molecular flexibility index (Phi) is 7.95. The lowest BCUT2D eigenvalue weighted by atomic mass is 9.95. The van der Waals surface area contributed by atoms with Gasteiger partial charge in [-0.25, -0.2) is 8.42 Å². The van der Waals surface area contributed by atoms with Crippen molar-refractivity contribution in [2.75, 3.05) is 11.5 Å². The zero-order chi connectivity index (χ0) is 14.1. The van der Waals surface area contributed by atoms with Gasteiger partial charge < -0.3 is 0 Å². The van der Waals surface area contributed by atoms with Crippen LogP contribution < -0.4 is 11.3 Å².